The van der Waals surface area contributed by atoms with Crippen molar-refractivity contribution < 1.29 is 5.11 Å². The number of hydrogen-bond donors (Lipinski definition) is 2. The highest BCUT2D eigenvalue weighted by Crippen LogP contribution is 2.41. The van der Waals surface area contributed by atoms with Crippen LogP contribution in [0.5, 0.6) is 0 Å². The van der Waals surface area contributed by atoms with Crippen LogP contribution < -0.4 is 5.32 Å². The number of aliphatic hydroxyl groups is 1. The van der Waals surface area contributed by atoms with E-state index in [0.29, 0.717) is 12.1 Å². The van der Waals surface area contributed by atoms with Gasteiger partial charge in [-0.15, -0.1) is 0 Å². The number of nitrogens with one attached hydrogen (secondary N) is 1. The van der Waals surface area contributed by atoms with Gasteiger partial charge in [0.15, 0.2) is 0 Å². The summed E-state index contributed by atoms with van der Waals surface area (Å²) >= 11 is 0. The molecule has 0 aliphatic carbocycles. The molecule has 2 saturated heterocycles. The van der Waals surface area contributed by atoms with Gasteiger partial charge >= 0.3 is 0 Å². The lowest BCUT2D eigenvalue weighted by Crippen LogP contribution is -2.48. The molecule has 0 aromatic heterocycles. The maximum absolute atomic E-state index is 10.8. The van der Waals surface area contributed by atoms with Crippen LogP contribution in [0.25, 0.3) is 5.57 Å². The molecule has 0 spiro atoms. The fraction of sp³-hybridized carbons (Fsp3) is 0.467. The van der Waals surface area contributed by atoms with Crippen LogP contribution in [0, 0.1) is 0 Å². The molecular formula is C15H19NO. The summed E-state index contributed by atoms with van der Waals surface area (Å²) in [4.78, 5) is 0. The summed E-state index contributed by atoms with van der Waals surface area (Å²) < 4.78 is 0. The van der Waals surface area contributed by atoms with Crippen LogP contribution in [-0.2, 0) is 0 Å². The van der Waals surface area contributed by atoms with Gasteiger partial charge < -0.3 is 10.4 Å². The highest BCUT2D eigenvalue weighted by Gasteiger charge is 2.44. The summed E-state index contributed by atoms with van der Waals surface area (Å²) in [6, 6.07) is 11.0. The van der Waals surface area contributed by atoms with Crippen molar-refractivity contribution in [3.63, 3.8) is 0 Å². The molecule has 2 heteroatoms. The minimum absolute atomic E-state index is 0.471. The molecule has 0 radical (unpaired) electrons. The van der Waals surface area contributed by atoms with E-state index >= 15 is 0 Å². The molecular weight excluding hydrogens is 210 g/mol. The van der Waals surface area contributed by atoms with E-state index in [1.807, 2.05) is 30.3 Å². The summed E-state index contributed by atoms with van der Waals surface area (Å²) in [6.07, 6.45) is 3.98. The van der Waals surface area contributed by atoms with Gasteiger partial charge in [-0.1, -0.05) is 36.9 Å². The van der Waals surface area contributed by atoms with Gasteiger partial charge in [-0.05, 0) is 36.8 Å². The topological polar surface area (TPSA) is 32.3 Å². The Balaban J connectivity index is 1.86. The Kier molecular flexibility index (Phi) is 2.57. The Hall–Kier alpha value is -1.12. The van der Waals surface area contributed by atoms with Crippen LogP contribution in [-0.4, -0.2) is 22.8 Å². The quantitative estimate of drug-likeness (QED) is 0.816. The summed E-state index contributed by atoms with van der Waals surface area (Å²) in [5.74, 6) is 0. The Morgan fingerprint density at radius 3 is 2.35 bits per heavy atom. The molecule has 17 heavy (non-hydrogen) atoms. The third-order valence-corrected chi connectivity index (χ3v) is 4.19. The third-order valence-electron chi connectivity index (χ3n) is 4.19. The van der Waals surface area contributed by atoms with Gasteiger partial charge in [-0.25, -0.2) is 0 Å². The number of fused-ring (bicyclic) bond motifs is 2. The van der Waals surface area contributed by atoms with E-state index in [0.717, 1.165) is 24.0 Å². The average Bonchev–Trinajstić information content (AvgIpc) is 2.69. The Morgan fingerprint density at radius 1 is 1.18 bits per heavy atom. The largest absolute Gasteiger partial charge is 0.385 e. The first-order valence-corrected chi connectivity index (χ1v) is 6.41. The second-order valence-electron chi connectivity index (χ2n) is 5.42. The lowest BCUT2D eigenvalue weighted by molar-refractivity contribution is 0.0487. The van der Waals surface area contributed by atoms with Gasteiger partial charge in [-0.2, -0.15) is 0 Å². The maximum Gasteiger partial charge on any atom is 0.0926 e. The molecule has 2 unspecified atom stereocenters. The van der Waals surface area contributed by atoms with Crippen molar-refractivity contribution in [3.8, 4) is 0 Å². The maximum atomic E-state index is 10.8. The molecule has 2 aliphatic rings. The van der Waals surface area contributed by atoms with Crippen LogP contribution in [0.15, 0.2) is 36.9 Å². The van der Waals surface area contributed by atoms with Crippen molar-refractivity contribution in [2.24, 2.45) is 0 Å². The zero-order valence-corrected chi connectivity index (χ0v) is 10.0. The van der Waals surface area contributed by atoms with E-state index in [2.05, 4.69) is 11.9 Å². The van der Waals surface area contributed by atoms with Gasteiger partial charge in [0.1, 0.15) is 0 Å². The number of benzene rings is 1. The van der Waals surface area contributed by atoms with E-state index in [-0.39, 0.29) is 0 Å². The summed E-state index contributed by atoms with van der Waals surface area (Å²) in [7, 11) is 0. The third kappa shape index (κ3) is 1.92. The molecule has 90 valence electrons. The molecule has 1 aromatic rings. The number of rotatable bonds is 2. The summed E-state index contributed by atoms with van der Waals surface area (Å²) in [5, 5.41) is 14.4. The lowest BCUT2D eigenvalue weighted by Gasteiger charge is -2.38. The SMILES string of the molecule is C=C(c1ccccc1)C1(O)CC2CCC(C1)N2. The zero-order valence-electron chi connectivity index (χ0n) is 10.0. The van der Waals surface area contributed by atoms with Crippen molar-refractivity contribution >= 4 is 5.57 Å². The first-order chi connectivity index (χ1) is 8.17. The molecule has 2 heterocycles. The van der Waals surface area contributed by atoms with E-state index in [1.165, 1.54) is 12.8 Å². The Bertz CT molecular complexity index is 414. The number of piperidine rings is 1. The van der Waals surface area contributed by atoms with Crippen molar-refractivity contribution in [2.75, 3.05) is 0 Å². The molecule has 0 saturated carbocycles. The van der Waals surface area contributed by atoms with Gasteiger partial charge in [0.25, 0.3) is 0 Å². The lowest BCUT2D eigenvalue weighted by atomic mass is 9.79. The molecule has 0 amide bonds. The Labute approximate surface area is 102 Å². The molecule has 2 bridgehead atoms. The molecule has 2 atom stereocenters. The van der Waals surface area contributed by atoms with Gasteiger partial charge in [-0.3, -0.25) is 0 Å². The van der Waals surface area contributed by atoms with E-state index in [4.69, 9.17) is 0 Å². The van der Waals surface area contributed by atoms with Crippen LogP contribution in [0.2, 0.25) is 0 Å². The first kappa shape index (κ1) is 11.0. The zero-order chi connectivity index (χ0) is 11.9. The minimum Gasteiger partial charge on any atom is -0.385 e. The van der Waals surface area contributed by atoms with Crippen LogP contribution >= 0.6 is 0 Å². The van der Waals surface area contributed by atoms with Crippen molar-refractivity contribution in [1.82, 2.24) is 5.32 Å². The predicted molar refractivity (Wildman–Crippen MR) is 69.6 cm³/mol. The second-order valence-corrected chi connectivity index (χ2v) is 5.42. The fourth-order valence-corrected chi connectivity index (χ4v) is 3.28. The summed E-state index contributed by atoms with van der Waals surface area (Å²) in [6.45, 7) is 4.14. The van der Waals surface area contributed by atoms with Crippen LogP contribution in [0.3, 0.4) is 0 Å². The Morgan fingerprint density at radius 2 is 1.76 bits per heavy atom. The van der Waals surface area contributed by atoms with Gasteiger partial charge in [0.05, 0.1) is 5.60 Å². The molecule has 2 nitrogen and oxygen atoms in total. The highest BCUT2D eigenvalue weighted by molar-refractivity contribution is 5.70. The highest BCUT2D eigenvalue weighted by atomic mass is 16.3. The number of hydrogen-bond acceptors (Lipinski definition) is 2. The minimum atomic E-state index is -0.710. The molecule has 2 aliphatic heterocycles. The van der Waals surface area contributed by atoms with Gasteiger partial charge in [0, 0.05) is 12.1 Å². The van der Waals surface area contributed by atoms with E-state index in [1.54, 1.807) is 0 Å². The van der Waals surface area contributed by atoms with Crippen molar-refractivity contribution in [3.05, 3.63) is 42.5 Å². The molecule has 3 rings (SSSR count). The van der Waals surface area contributed by atoms with Crippen LogP contribution in [0.4, 0.5) is 0 Å². The van der Waals surface area contributed by atoms with Crippen LogP contribution in [0.1, 0.15) is 31.2 Å². The monoisotopic (exact) mass is 229 g/mol. The second kappa shape index (κ2) is 3.97. The first-order valence-electron chi connectivity index (χ1n) is 6.41. The average molecular weight is 229 g/mol. The van der Waals surface area contributed by atoms with E-state index < -0.39 is 5.60 Å². The van der Waals surface area contributed by atoms with Crippen molar-refractivity contribution in [1.29, 1.82) is 0 Å². The van der Waals surface area contributed by atoms with E-state index in [9.17, 15) is 5.11 Å². The normalized spacial score (nSPS) is 35.8. The molecule has 1 aromatic carbocycles. The standard InChI is InChI=1S/C15H19NO/c1-11(12-5-3-2-4-6-12)15(17)9-13-7-8-14(10-15)16-13/h2-6,13-14,16-17H,1,7-10H2. The van der Waals surface area contributed by atoms with Gasteiger partial charge in [0.2, 0.25) is 0 Å². The van der Waals surface area contributed by atoms with Crippen molar-refractivity contribution in [2.45, 2.75) is 43.4 Å². The summed E-state index contributed by atoms with van der Waals surface area (Å²) in [5.41, 5.74) is 1.24. The molecule has 2 N–H and O–H groups in total. The fourth-order valence-electron chi connectivity index (χ4n) is 3.28. The predicted octanol–water partition coefficient (Wildman–Crippen LogP) is 2.35. The molecule has 2 fully saturated rings. The smallest absolute Gasteiger partial charge is 0.0926 e.